The molecule has 2 rings (SSSR count). The summed E-state index contributed by atoms with van der Waals surface area (Å²) in [4.78, 5) is 11.9. The SMILES string of the molecule is NC(=S)c1ccc(CNC(=O)c2ccccc2F)c(F)c1. The molecule has 108 valence electrons. The predicted molar refractivity (Wildman–Crippen MR) is 79.9 cm³/mol. The summed E-state index contributed by atoms with van der Waals surface area (Å²) >= 11 is 4.75. The molecule has 0 atom stereocenters. The summed E-state index contributed by atoms with van der Waals surface area (Å²) in [7, 11) is 0. The van der Waals surface area contributed by atoms with Crippen molar-refractivity contribution < 1.29 is 13.6 Å². The van der Waals surface area contributed by atoms with Crippen molar-refractivity contribution in [3.63, 3.8) is 0 Å². The van der Waals surface area contributed by atoms with Crippen molar-refractivity contribution in [1.29, 1.82) is 0 Å². The lowest BCUT2D eigenvalue weighted by atomic mass is 10.1. The van der Waals surface area contributed by atoms with Crippen LogP contribution in [0.4, 0.5) is 8.78 Å². The summed E-state index contributed by atoms with van der Waals surface area (Å²) in [5, 5.41) is 2.46. The Kier molecular flexibility index (Phi) is 4.59. The van der Waals surface area contributed by atoms with Crippen molar-refractivity contribution in [3.8, 4) is 0 Å². The zero-order valence-electron chi connectivity index (χ0n) is 10.9. The van der Waals surface area contributed by atoms with E-state index in [9.17, 15) is 13.6 Å². The maximum absolute atomic E-state index is 13.8. The van der Waals surface area contributed by atoms with Gasteiger partial charge in [0.15, 0.2) is 0 Å². The minimum absolute atomic E-state index is 0.0589. The first-order valence-corrected chi connectivity index (χ1v) is 6.51. The summed E-state index contributed by atoms with van der Waals surface area (Å²) in [6.45, 7) is -0.0589. The zero-order valence-corrected chi connectivity index (χ0v) is 11.7. The number of hydrogen-bond donors (Lipinski definition) is 2. The molecule has 0 heterocycles. The third kappa shape index (κ3) is 3.61. The predicted octanol–water partition coefficient (Wildman–Crippen LogP) is 2.53. The Morgan fingerprint density at radius 3 is 2.48 bits per heavy atom. The number of rotatable bonds is 4. The van der Waals surface area contributed by atoms with Gasteiger partial charge in [0.1, 0.15) is 16.6 Å². The Bertz CT molecular complexity index is 704. The normalized spacial score (nSPS) is 10.2. The number of thiocarbonyl (C=S) groups is 1. The van der Waals surface area contributed by atoms with E-state index in [1.54, 1.807) is 12.1 Å². The van der Waals surface area contributed by atoms with E-state index in [-0.39, 0.29) is 22.7 Å². The molecule has 0 aliphatic heterocycles. The standard InChI is InChI=1S/C15H12F2N2OS/c16-12-4-2-1-3-11(12)15(20)19-8-10-6-5-9(14(18)21)7-13(10)17/h1-7H,8H2,(H2,18,21)(H,19,20). The van der Waals surface area contributed by atoms with Gasteiger partial charge in [-0.3, -0.25) is 4.79 Å². The van der Waals surface area contributed by atoms with Gasteiger partial charge in [-0.15, -0.1) is 0 Å². The average Bonchev–Trinajstić information content (AvgIpc) is 2.46. The molecule has 0 spiro atoms. The molecule has 0 aliphatic carbocycles. The van der Waals surface area contributed by atoms with Gasteiger partial charge >= 0.3 is 0 Å². The number of carbonyl (C=O) groups excluding carboxylic acids is 1. The summed E-state index contributed by atoms with van der Waals surface area (Å²) in [6, 6.07) is 9.83. The molecule has 0 bridgehead atoms. The monoisotopic (exact) mass is 306 g/mol. The molecule has 0 aromatic heterocycles. The molecule has 3 nitrogen and oxygen atoms in total. The average molecular weight is 306 g/mol. The van der Waals surface area contributed by atoms with Crippen molar-refractivity contribution in [3.05, 3.63) is 70.8 Å². The molecule has 0 aliphatic rings. The molecule has 0 radical (unpaired) electrons. The molecular weight excluding hydrogens is 294 g/mol. The smallest absolute Gasteiger partial charge is 0.254 e. The van der Waals surface area contributed by atoms with Crippen LogP contribution in [0.5, 0.6) is 0 Å². The van der Waals surface area contributed by atoms with Crippen LogP contribution in [0.15, 0.2) is 42.5 Å². The van der Waals surface area contributed by atoms with Crippen LogP contribution in [0.2, 0.25) is 0 Å². The summed E-state index contributed by atoms with van der Waals surface area (Å²) < 4.78 is 27.2. The third-order valence-corrected chi connectivity index (χ3v) is 3.13. The van der Waals surface area contributed by atoms with Crippen LogP contribution >= 0.6 is 12.2 Å². The number of carbonyl (C=O) groups is 1. The number of amides is 1. The lowest BCUT2D eigenvalue weighted by Crippen LogP contribution is -2.24. The van der Waals surface area contributed by atoms with E-state index in [1.165, 1.54) is 30.3 Å². The topological polar surface area (TPSA) is 55.1 Å². The Hall–Kier alpha value is -2.34. The molecule has 0 saturated carbocycles. The van der Waals surface area contributed by atoms with Crippen LogP contribution in [0.1, 0.15) is 21.5 Å². The minimum Gasteiger partial charge on any atom is -0.389 e. The number of halogens is 2. The van der Waals surface area contributed by atoms with Crippen LogP contribution in [0.25, 0.3) is 0 Å². The van der Waals surface area contributed by atoms with Crippen LogP contribution < -0.4 is 11.1 Å². The molecule has 2 aromatic rings. The fourth-order valence-electron chi connectivity index (χ4n) is 1.76. The van der Waals surface area contributed by atoms with Gasteiger partial charge in [-0.25, -0.2) is 8.78 Å². The third-order valence-electron chi connectivity index (χ3n) is 2.90. The van der Waals surface area contributed by atoms with Crippen molar-refractivity contribution in [2.75, 3.05) is 0 Å². The highest BCUT2D eigenvalue weighted by molar-refractivity contribution is 7.80. The molecular formula is C15H12F2N2OS. The highest BCUT2D eigenvalue weighted by Crippen LogP contribution is 2.11. The van der Waals surface area contributed by atoms with Crippen LogP contribution in [0.3, 0.4) is 0 Å². The molecule has 2 aromatic carbocycles. The Labute approximate surface area is 125 Å². The number of benzene rings is 2. The first kappa shape index (κ1) is 15.1. The summed E-state index contributed by atoms with van der Waals surface area (Å²) in [5.74, 6) is -1.76. The van der Waals surface area contributed by atoms with E-state index in [0.717, 1.165) is 0 Å². The number of nitrogens with two attached hydrogens (primary N) is 1. The molecule has 1 amide bonds. The maximum atomic E-state index is 13.8. The largest absolute Gasteiger partial charge is 0.389 e. The minimum atomic E-state index is -0.626. The van der Waals surface area contributed by atoms with Crippen LogP contribution in [-0.4, -0.2) is 10.9 Å². The second kappa shape index (κ2) is 6.41. The quantitative estimate of drug-likeness (QED) is 0.854. The van der Waals surface area contributed by atoms with E-state index < -0.39 is 17.5 Å². The van der Waals surface area contributed by atoms with Gasteiger partial charge in [0.05, 0.1) is 5.56 Å². The van der Waals surface area contributed by atoms with E-state index in [2.05, 4.69) is 5.32 Å². The Morgan fingerprint density at radius 1 is 1.14 bits per heavy atom. The zero-order chi connectivity index (χ0) is 15.4. The van der Waals surface area contributed by atoms with Crippen molar-refractivity contribution in [2.45, 2.75) is 6.54 Å². The molecule has 6 heteroatoms. The number of hydrogen-bond acceptors (Lipinski definition) is 2. The summed E-state index contributed by atoms with van der Waals surface area (Å²) in [6.07, 6.45) is 0. The fourth-order valence-corrected chi connectivity index (χ4v) is 1.89. The van der Waals surface area contributed by atoms with Crippen molar-refractivity contribution in [1.82, 2.24) is 5.32 Å². The highest BCUT2D eigenvalue weighted by atomic mass is 32.1. The van der Waals surface area contributed by atoms with E-state index >= 15 is 0 Å². The molecule has 3 N–H and O–H groups in total. The van der Waals surface area contributed by atoms with Crippen LogP contribution in [-0.2, 0) is 6.54 Å². The second-order valence-corrected chi connectivity index (χ2v) is 4.77. The lowest BCUT2D eigenvalue weighted by molar-refractivity contribution is 0.0946. The molecule has 21 heavy (non-hydrogen) atoms. The van der Waals surface area contributed by atoms with Crippen molar-refractivity contribution >= 4 is 23.1 Å². The van der Waals surface area contributed by atoms with Gasteiger partial charge in [0.2, 0.25) is 0 Å². The van der Waals surface area contributed by atoms with Gasteiger partial charge in [-0.05, 0) is 18.2 Å². The Balaban J connectivity index is 2.08. The molecule has 0 fully saturated rings. The Morgan fingerprint density at radius 2 is 1.86 bits per heavy atom. The van der Waals surface area contributed by atoms with Gasteiger partial charge in [-0.2, -0.15) is 0 Å². The van der Waals surface area contributed by atoms with Gasteiger partial charge < -0.3 is 11.1 Å². The first-order chi connectivity index (χ1) is 9.99. The van der Waals surface area contributed by atoms with Crippen molar-refractivity contribution in [2.24, 2.45) is 5.73 Å². The number of nitrogens with one attached hydrogen (secondary N) is 1. The van der Waals surface area contributed by atoms with Gasteiger partial charge in [0, 0.05) is 17.7 Å². The van der Waals surface area contributed by atoms with E-state index in [1.807, 2.05) is 0 Å². The first-order valence-electron chi connectivity index (χ1n) is 6.10. The van der Waals surface area contributed by atoms with E-state index in [0.29, 0.717) is 5.56 Å². The van der Waals surface area contributed by atoms with Crippen LogP contribution in [0, 0.1) is 11.6 Å². The second-order valence-electron chi connectivity index (χ2n) is 4.33. The van der Waals surface area contributed by atoms with Gasteiger partial charge in [0.25, 0.3) is 5.91 Å². The maximum Gasteiger partial charge on any atom is 0.254 e. The van der Waals surface area contributed by atoms with Gasteiger partial charge in [-0.1, -0.05) is 36.5 Å². The lowest BCUT2D eigenvalue weighted by Gasteiger charge is -2.08. The molecule has 0 saturated heterocycles. The van der Waals surface area contributed by atoms with E-state index in [4.69, 9.17) is 18.0 Å². The fraction of sp³-hybridized carbons (Fsp3) is 0.0667. The molecule has 0 unspecified atom stereocenters. The highest BCUT2D eigenvalue weighted by Gasteiger charge is 2.11. The summed E-state index contributed by atoms with van der Waals surface area (Å²) in [5.41, 5.74) is 5.99.